The van der Waals surface area contributed by atoms with Crippen molar-refractivity contribution in [2.45, 2.75) is 31.5 Å². The number of benzene rings is 1. The minimum atomic E-state index is -0.0807. The lowest BCUT2D eigenvalue weighted by molar-refractivity contribution is -0.127. The molecule has 1 fully saturated rings. The third-order valence-electron chi connectivity index (χ3n) is 5.12. The zero-order valence-electron chi connectivity index (χ0n) is 16.4. The number of fused-ring (bicyclic) bond motifs is 1. The molecule has 1 saturated heterocycles. The Hall–Kier alpha value is -2.38. The Morgan fingerprint density at radius 3 is 2.69 bits per heavy atom. The Morgan fingerprint density at radius 2 is 2.00 bits per heavy atom. The molecule has 3 heterocycles. The number of hydrogen-bond acceptors (Lipinski definition) is 5. The van der Waals surface area contributed by atoms with Crippen LogP contribution in [-0.4, -0.2) is 39.2 Å². The zero-order valence-corrected chi connectivity index (χ0v) is 18.0. The van der Waals surface area contributed by atoms with E-state index >= 15 is 0 Å². The molecule has 0 N–H and O–H groups in total. The van der Waals surface area contributed by atoms with Gasteiger partial charge in [0.2, 0.25) is 5.91 Å². The second-order valence-electron chi connectivity index (χ2n) is 7.17. The Bertz CT molecular complexity index is 1110. The summed E-state index contributed by atoms with van der Waals surface area (Å²) in [7, 11) is 0. The fourth-order valence-electron chi connectivity index (χ4n) is 3.54. The number of allylic oxidation sites excluding steroid dienone is 1. The molecule has 0 spiro atoms. The van der Waals surface area contributed by atoms with Gasteiger partial charge < -0.3 is 4.90 Å². The van der Waals surface area contributed by atoms with Crippen molar-refractivity contribution in [2.75, 3.05) is 18.8 Å². The van der Waals surface area contributed by atoms with Gasteiger partial charge >= 0.3 is 0 Å². The van der Waals surface area contributed by atoms with Crippen molar-refractivity contribution in [3.8, 4) is 11.1 Å². The van der Waals surface area contributed by atoms with Gasteiger partial charge in [0, 0.05) is 30.6 Å². The first-order valence-corrected chi connectivity index (χ1v) is 11.6. The summed E-state index contributed by atoms with van der Waals surface area (Å²) in [5.74, 6) is 0.407. The summed E-state index contributed by atoms with van der Waals surface area (Å²) in [4.78, 5) is 33.1. The van der Waals surface area contributed by atoms with Crippen LogP contribution in [0.4, 0.5) is 0 Å². The van der Waals surface area contributed by atoms with Gasteiger partial charge in [-0.05, 0) is 25.3 Å². The Morgan fingerprint density at radius 1 is 1.28 bits per heavy atom. The van der Waals surface area contributed by atoms with E-state index in [9.17, 15) is 9.59 Å². The maximum Gasteiger partial charge on any atom is 0.263 e. The van der Waals surface area contributed by atoms with Crippen LogP contribution in [0.3, 0.4) is 0 Å². The van der Waals surface area contributed by atoms with Gasteiger partial charge in [0.25, 0.3) is 5.56 Å². The highest BCUT2D eigenvalue weighted by atomic mass is 32.2. The smallest absolute Gasteiger partial charge is 0.263 e. The normalized spacial score (nSPS) is 13.9. The van der Waals surface area contributed by atoms with Crippen molar-refractivity contribution in [1.82, 2.24) is 14.5 Å². The molecular weight excluding hydrogens is 402 g/mol. The first kappa shape index (κ1) is 19.9. The highest BCUT2D eigenvalue weighted by Gasteiger charge is 2.21. The summed E-state index contributed by atoms with van der Waals surface area (Å²) in [6, 6.07) is 8.16. The fourth-order valence-corrected chi connectivity index (χ4v) is 5.44. The molecule has 1 aliphatic rings. The van der Waals surface area contributed by atoms with Crippen molar-refractivity contribution in [2.24, 2.45) is 0 Å². The number of rotatable bonds is 6. The van der Waals surface area contributed by atoms with E-state index in [0.717, 1.165) is 37.1 Å². The molecule has 0 atom stereocenters. The largest absolute Gasteiger partial charge is 0.342 e. The van der Waals surface area contributed by atoms with Crippen LogP contribution in [-0.2, 0) is 11.3 Å². The van der Waals surface area contributed by atoms with Crippen LogP contribution in [0.15, 0.2) is 52.3 Å². The summed E-state index contributed by atoms with van der Waals surface area (Å²) >= 11 is 2.81. The molecule has 4 rings (SSSR count). The molecule has 0 bridgehead atoms. The molecule has 0 radical (unpaired) electrons. The van der Waals surface area contributed by atoms with Crippen molar-refractivity contribution >= 4 is 39.2 Å². The van der Waals surface area contributed by atoms with E-state index in [1.54, 1.807) is 10.6 Å². The standard InChI is InChI=1S/C22H23N3O2S2/c1-3-10-25-21(27)19-17(16-8-6-15(2)7-9-16)13-28-20(19)23-22(25)29-14-18(26)24-11-4-5-12-24/h3,6-9,13H,1,4-5,10-12,14H2,2H3. The van der Waals surface area contributed by atoms with Crippen molar-refractivity contribution in [3.63, 3.8) is 0 Å². The van der Waals surface area contributed by atoms with E-state index in [2.05, 4.69) is 6.58 Å². The number of thioether (sulfide) groups is 1. The topological polar surface area (TPSA) is 55.2 Å². The number of carbonyl (C=O) groups is 1. The molecule has 0 unspecified atom stereocenters. The lowest BCUT2D eigenvalue weighted by atomic mass is 10.1. The van der Waals surface area contributed by atoms with E-state index in [-0.39, 0.29) is 11.5 Å². The maximum absolute atomic E-state index is 13.3. The Labute approximate surface area is 178 Å². The highest BCUT2D eigenvalue weighted by molar-refractivity contribution is 7.99. The van der Waals surface area contributed by atoms with Crippen LogP contribution in [0.5, 0.6) is 0 Å². The number of likely N-dealkylation sites (tertiary alicyclic amines) is 1. The summed E-state index contributed by atoms with van der Waals surface area (Å²) in [5, 5.41) is 3.20. The molecule has 5 nitrogen and oxygen atoms in total. The summed E-state index contributed by atoms with van der Waals surface area (Å²) in [5.41, 5.74) is 3.01. The van der Waals surface area contributed by atoms with Gasteiger partial charge in [-0.1, -0.05) is 47.7 Å². The van der Waals surface area contributed by atoms with Crippen LogP contribution in [0.25, 0.3) is 21.3 Å². The zero-order chi connectivity index (χ0) is 20.4. The Balaban J connectivity index is 1.71. The molecule has 1 amide bonds. The minimum absolute atomic E-state index is 0.0807. The second-order valence-corrected chi connectivity index (χ2v) is 8.97. The van der Waals surface area contributed by atoms with Crippen LogP contribution in [0.1, 0.15) is 18.4 Å². The predicted molar refractivity (Wildman–Crippen MR) is 121 cm³/mol. The van der Waals surface area contributed by atoms with Gasteiger partial charge in [-0.25, -0.2) is 4.98 Å². The number of carbonyl (C=O) groups excluding carboxylic acids is 1. The van der Waals surface area contributed by atoms with E-state index in [4.69, 9.17) is 4.98 Å². The second kappa shape index (κ2) is 8.55. The molecule has 2 aromatic heterocycles. The van der Waals surface area contributed by atoms with Gasteiger partial charge in [-0.15, -0.1) is 17.9 Å². The third-order valence-corrected chi connectivity index (χ3v) is 6.95. The molecule has 7 heteroatoms. The van der Waals surface area contributed by atoms with Crippen molar-refractivity contribution in [1.29, 1.82) is 0 Å². The van der Waals surface area contributed by atoms with Gasteiger partial charge in [-0.3, -0.25) is 14.2 Å². The van der Waals surface area contributed by atoms with Crippen LogP contribution in [0.2, 0.25) is 0 Å². The Kier molecular flexibility index (Phi) is 5.87. The fraction of sp³-hybridized carbons (Fsp3) is 0.318. The van der Waals surface area contributed by atoms with E-state index in [1.165, 1.54) is 28.7 Å². The van der Waals surface area contributed by atoms with Gasteiger partial charge in [0.05, 0.1) is 11.1 Å². The van der Waals surface area contributed by atoms with E-state index in [0.29, 0.717) is 27.7 Å². The molecule has 1 aliphatic heterocycles. The van der Waals surface area contributed by atoms with E-state index < -0.39 is 0 Å². The lowest BCUT2D eigenvalue weighted by Gasteiger charge is -2.15. The number of aromatic nitrogens is 2. The minimum Gasteiger partial charge on any atom is -0.342 e. The number of thiophene rings is 1. The average Bonchev–Trinajstić information content (AvgIpc) is 3.39. The average molecular weight is 426 g/mol. The SMILES string of the molecule is C=CCn1c(SCC(=O)N2CCCC2)nc2scc(-c3ccc(C)cc3)c2c1=O. The molecule has 1 aromatic carbocycles. The number of aryl methyl sites for hydroxylation is 1. The van der Waals surface area contributed by atoms with Crippen LogP contribution in [0, 0.1) is 6.92 Å². The van der Waals surface area contributed by atoms with Crippen LogP contribution < -0.4 is 5.56 Å². The number of amides is 1. The van der Waals surface area contributed by atoms with Gasteiger partial charge in [-0.2, -0.15) is 0 Å². The molecule has 3 aromatic rings. The monoisotopic (exact) mass is 425 g/mol. The lowest BCUT2D eigenvalue weighted by Crippen LogP contribution is -2.30. The van der Waals surface area contributed by atoms with Gasteiger partial charge in [0.15, 0.2) is 5.16 Å². The first-order chi connectivity index (χ1) is 14.1. The number of nitrogens with zero attached hydrogens (tertiary/aromatic N) is 3. The first-order valence-electron chi connectivity index (χ1n) is 9.69. The van der Waals surface area contributed by atoms with Crippen LogP contribution >= 0.6 is 23.1 Å². The summed E-state index contributed by atoms with van der Waals surface area (Å²) < 4.78 is 1.63. The van der Waals surface area contributed by atoms with Gasteiger partial charge in [0.1, 0.15) is 4.83 Å². The number of hydrogen-bond donors (Lipinski definition) is 0. The molecule has 150 valence electrons. The molecule has 0 aliphatic carbocycles. The molecule has 29 heavy (non-hydrogen) atoms. The van der Waals surface area contributed by atoms with E-state index in [1.807, 2.05) is 41.5 Å². The third kappa shape index (κ3) is 4.02. The maximum atomic E-state index is 13.3. The molecule has 0 saturated carbocycles. The van der Waals surface area contributed by atoms with Crippen molar-refractivity contribution < 1.29 is 4.79 Å². The van der Waals surface area contributed by atoms with Crippen molar-refractivity contribution in [3.05, 3.63) is 58.2 Å². The highest BCUT2D eigenvalue weighted by Crippen LogP contribution is 2.32. The quantitative estimate of drug-likeness (QED) is 0.335. The molecular formula is C22H23N3O2S2. The predicted octanol–water partition coefficient (Wildman–Crippen LogP) is 4.33. The summed E-state index contributed by atoms with van der Waals surface area (Å²) in [6.07, 6.45) is 3.83. The summed E-state index contributed by atoms with van der Waals surface area (Å²) in [6.45, 7) is 7.85.